The van der Waals surface area contributed by atoms with Crippen LogP contribution in [0.1, 0.15) is 78.3 Å². The summed E-state index contributed by atoms with van der Waals surface area (Å²) in [5.74, 6) is 0.748. The number of anilines is 1. The van der Waals surface area contributed by atoms with Gasteiger partial charge in [-0.1, -0.05) is 25.8 Å². The standard InChI is InChI=1S/C21H35N3O2/c1-6-8-15-23-16-10-9-13-18(23)17-12-11-14-22-19(17)24(7-2)20(25)26-21(3,4)5/h11-12,14,18H,6-10,13,15-16H2,1-5H3/t18-/m0/s1. The lowest BCUT2D eigenvalue weighted by molar-refractivity contribution is 0.0580. The van der Waals surface area contributed by atoms with E-state index in [0.717, 1.165) is 30.9 Å². The predicted octanol–water partition coefficient (Wildman–Crippen LogP) is 5.17. The summed E-state index contributed by atoms with van der Waals surface area (Å²) < 4.78 is 5.61. The second kappa shape index (κ2) is 9.36. The number of pyridine rings is 1. The van der Waals surface area contributed by atoms with E-state index < -0.39 is 5.60 Å². The molecule has 0 bridgehead atoms. The topological polar surface area (TPSA) is 45.7 Å². The predicted molar refractivity (Wildman–Crippen MR) is 107 cm³/mol. The van der Waals surface area contributed by atoms with Crippen LogP contribution in [0.3, 0.4) is 0 Å². The number of piperidine rings is 1. The summed E-state index contributed by atoms with van der Waals surface area (Å²) in [6.45, 7) is 12.7. The Kier molecular flexibility index (Phi) is 7.44. The van der Waals surface area contributed by atoms with Crippen LogP contribution in [-0.4, -0.2) is 41.2 Å². The van der Waals surface area contributed by atoms with Crippen LogP contribution in [0.4, 0.5) is 10.6 Å². The molecule has 1 amide bonds. The minimum Gasteiger partial charge on any atom is -0.443 e. The lowest BCUT2D eigenvalue weighted by atomic mass is 9.95. The Balaban J connectivity index is 2.31. The fourth-order valence-corrected chi connectivity index (χ4v) is 3.55. The van der Waals surface area contributed by atoms with Crippen molar-refractivity contribution in [2.45, 2.75) is 78.4 Å². The molecular weight excluding hydrogens is 326 g/mol. The van der Waals surface area contributed by atoms with Crippen molar-refractivity contribution in [3.63, 3.8) is 0 Å². The van der Waals surface area contributed by atoms with E-state index in [1.807, 2.05) is 33.8 Å². The first-order chi connectivity index (χ1) is 12.4. The van der Waals surface area contributed by atoms with E-state index in [-0.39, 0.29) is 6.09 Å². The van der Waals surface area contributed by atoms with Crippen LogP contribution in [0.15, 0.2) is 18.3 Å². The van der Waals surface area contributed by atoms with Crippen LogP contribution >= 0.6 is 0 Å². The van der Waals surface area contributed by atoms with Gasteiger partial charge in [0.25, 0.3) is 0 Å². The number of rotatable bonds is 6. The summed E-state index contributed by atoms with van der Waals surface area (Å²) >= 11 is 0. The first-order valence-electron chi connectivity index (χ1n) is 10.1. The smallest absolute Gasteiger partial charge is 0.415 e. The maximum absolute atomic E-state index is 12.7. The molecular formula is C21H35N3O2. The highest BCUT2D eigenvalue weighted by atomic mass is 16.6. The van der Waals surface area contributed by atoms with Gasteiger partial charge in [-0.3, -0.25) is 9.80 Å². The number of hydrogen-bond acceptors (Lipinski definition) is 4. The quantitative estimate of drug-likeness (QED) is 0.701. The van der Waals surface area contributed by atoms with Crippen LogP contribution in [0.5, 0.6) is 0 Å². The number of unbranched alkanes of at least 4 members (excludes halogenated alkanes) is 1. The van der Waals surface area contributed by atoms with Gasteiger partial charge in [-0.05, 0) is 66.1 Å². The van der Waals surface area contributed by atoms with E-state index in [1.165, 1.54) is 25.7 Å². The van der Waals surface area contributed by atoms with E-state index in [0.29, 0.717) is 12.6 Å². The molecule has 1 aromatic heterocycles. The van der Waals surface area contributed by atoms with Crippen LogP contribution < -0.4 is 4.90 Å². The van der Waals surface area contributed by atoms with Crippen LogP contribution in [0.2, 0.25) is 0 Å². The highest BCUT2D eigenvalue weighted by Crippen LogP contribution is 2.36. The molecule has 1 aromatic rings. The van der Waals surface area contributed by atoms with Gasteiger partial charge < -0.3 is 4.74 Å². The molecule has 5 nitrogen and oxygen atoms in total. The molecule has 1 atom stereocenters. The number of amides is 1. The molecule has 26 heavy (non-hydrogen) atoms. The van der Waals surface area contributed by atoms with Crippen molar-refractivity contribution >= 4 is 11.9 Å². The van der Waals surface area contributed by atoms with Gasteiger partial charge in [0.05, 0.1) is 0 Å². The number of nitrogens with zero attached hydrogens (tertiary/aromatic N) is 3. The molecule has 2 heterocycles. The van der Waals surface area contributed by atoms with Crippen molar-refractivity contribution in [3.05, 3.63) is 23.9 Å². The van der Waals surface area contributed by atoms with Crippen molar-refractivity contribution in [1.29, 1.82) is 0 Å². The lowest BCUT2D eigenvalue weighted by Gasteiger charge is -2.37. The molecule has 0 unspecified atom stereocenters. The third-order valence-electron chi connectivity index (χ3n) is 4.77. The summed E-state index contributed by atoms with van der Waals surface area (Å²) in [5.41, 5.74) is 0.633. The summed E-state index contributed by atoms with van der Waals surface area (Å²) in [6.07, 6.45) is 7.44. The zero-order chi connectivity index (χ0) is 19.2. The summed E-state index contributed by atoms with van der Waals surface area (Å²) in [5, 5.41) is 0. The highest BCUT2D eigenvalue weighted by Gasteiger charge is 2.30. The maximum atomic E-state index is 12.7. The number of carbonyl (C=O) groups excluding carboxylic acids is 1. The monoisotopic (exact) mass is 361 g/mol. The van der Waals surface area contributed by atoms with Gasteiger partial charge in [0, 0.05) is 24.3 Å². The molecule has 146 valence electrons. The third kappa shape index (κ3) is 5.44. The third-order valence-corrected chi connectivity index (χ3v) is 4.77. The summed E-state index contributed by atoms with van der Waals surface area (Å²) in [6, 6.07) is 4.44. The summed E-state index contributed by atoms with van der Waals surface area (Å²) in [7, 11) is 0. The number of likely N-dealkylation sites (tertiary alicyclic amines) is 1. The van der Waals surface area contributed by atoms with E-state index in [9.17, 15) is 4.79 Å². The second-order valence-electron chi connectivity index (χ2n) is 8.04. The molecule has 1 aliphatic heterocycles. The molecule has 0 radical (unpaired) electrons. The molecule has 2 rings (SSSR count). The van der Waals surface area contributed by atoms with Crippen molar-refractivity contribution in [1.82, 2.24) is 9.88 Å². The van der Waals surface area contributed by atoms with Gasteiger partial charge in [0.1, 0.15) is 11.4 Å². The van der Waals surface area contributed by atoms with Gasteiger partial charge in [0.15, 0.2) is 0 Å². The minimum absolute atomic E-state index is 0.323. The molecule has 0 N–H and O–H groups in total. The number of carbonyl (C=O) groups is 1. The van der Waals surface area contributed by atoms with Gasteiger partial charge >= 0.3 is 6.09 Å². The summed E-state index contributed by atoms with van der Waals surface area (Å²) in [4.78, 5) is 21.6. The first kappa shape index (κ1) is 20.7. The van der Waals surface area contributed by atoms with Crippen molar-refractivity contribution < 1.29 is 9.53 Å². The highest BCUT2D eigenvalue weighted by molar-refractivity contribution is 5.87. The number of aromatic nitrogens is 1. The van der Waals surface area contributed by atoms with E-state index in [4.69, 9.17) is 4.74 Å². The van der Waals surface area contributed by atoms with Gasteiger partial charge in [-0.2, -0.15) is 0 Å². The Morgan fingerprint density at radius 3 is 2.77 bits per heavy atom. The van der Waals surface area contributed by atoms with E-state index in [1.54, 1.807) is 11.1 Å². The van der Waals surface area contributed by atoms with Gasteiger partial charge in [0.2, 0.25) is 0 Å². The molecule has 1 aliphatic rings. The van der Waals surface area contributed by atoms with Crippen molar-refractivity contribution in [3.8, 4) is 0 Å². The normalized spacial score (nSPS) is 18.6. The average molecular weight is 362 g/mol. The van der Waals surface area contributed by atoms with E-state index in [2.05, 4.69) is 22.9 Å². The fraction of sp³-hybridized carbons (Fsp3) is 0.714. The Morgan fingerprint density at radius 1 is 1.35 bits per heavy atom. The SMILES string of the molecule is CCCCN1CCCC[C@H]1c1cccnc1N(CC)C(=O)OC(C)(C)C. The van der Waals surface area contributed by atoms with E-state index >= 15 is 0 Å². The van der Waals surface area contributed by atoms with Gasteiger partial charge in [-0.25, -0.2) is 9.78 Å². The molecule has 5 heteroatoms. The molecule has 0 aromatic carbocycles. The van der Waals surface area contributed by atoms with Crippen molar-refractivity contribution in [2.24, 2.45) is 0 Å². The molecule has 0 spiro atoms. The Hall–Kier alpha value is -1.62. The largest absolute Gasteiger partial charge is 0.443 e. The minimum atomic E-state index is -0.516. The average Bonchev–Trinajstić information content (AvgIpc) is 2.60. The zero-order valence-corrected chi connectivity index (χ0v) is 17.1. The molecule has 0 saturated carbocycles. The fourth-order valence-electron chi connectivity index (χ4n) is 3.55. The number of ether oxygens (including phenoxy) is 1. The Labute approximate surface area is 158 Å². The lowest BCUT2D eigenvalue weighted by Crippen LogP contribution is -2.39. The zero-order valence-electron chi connectivity index (χ0n) is 17.1. The second-order valence-corrected chi connectivity index (χ2v) is 8.04. The van der Waals surface area contributed by atoms with Crippen LogP contribution in [0.25, 0.3) is 0 Å². The molecule has 1 saturated heterocycles. The van der Waals surface area contributed by atoms with Crippen LogP contribution in [0, 0.1) is 0 Å². The van der Waals surface area contributed by atoms with Crippen LogP contribution in [-0.2, 0) is 4.74 Å². The first-order valence-corrected chi connectivity index (χ1v) is 10.1. The maximum Gasteiger partial charge on any atom is 0.415 e. The van der Waals surface area contributed by atoms with Gasteiger partial charge in [-0.15, -0.1) is 0 Å². The Morgan fingerprint density at radius 2 is 2.12 bits per heavy atom. The number of hydrogen-bond donors (Lipinski definition) is 0. The molecule has 0 aliphatic carbocycles. The molecule has 1 fully saturated rings. The van der Waals surface area contributed by atoms with Crippen molar-refractivity contribution in [2.75, 3.05) is 24.5 Å². The Bertz CT molecular complexity index is 583.